The minimum absolute atomic E-state index is 0.0437. The fourth-order valence-corrected chi connectivity index (χ4v) is 3.73. The Bertz CT molecular complexity index is 1000. The van der Waals surface area contributed by atoms with Gasteiger partial charge < -0.3 is 4.90 Å². The molecule has 0 unspecified atom stereocenters. The molecule has 2 heterocycles. The lowest BCUT2D eigenvalue weighted by Gasteiger charge is -2.25. The quantitative estimate of drug-likeness (QED) is 0.694. The third kappa shape index (κ3) is 2.24. The lowest BCUT2D eigenvalue weighted by Crippen LogP contribution is -2.25. The highest BCUT2D eigenvalue weighted by atomic mass is 16.2. The molecule has 1 saturated carbocycles. The number of aromatic nitrogens is 2. The van der Waals surface area contributed by atoms with Crippen LogP contribution in [-0.2, 0) is 7.05 Å². The molecule has 0 atom stereocenters. The van der Waals surface area contributed by atoms with Crippen LogP contribution in [0.4, 0.5) is 22.9 Å². The number of rotatable bonds is 2. The summed E-state index contributed by atoms with van der Waals surface area (Å²) in [6.07, 6.45) is 4.27. The van der Waals surface area contributed by atoms with Crippen molar-refractivity contribution in [2.24, 2.45) is 7.05 Å². The standard InChI is InChI=1S/C21H20N4O/c1-23-13-17-20(22-23)24(2)18-11-10-15(14-8-9-14)12-19(18)25(21(17)26)16-6-4-3-5-7-16/h3-7,10-14H,8-9H2,1-2H3. The molecule has 0 spiro atoms. The Morgan fingerprint density at radius 1 is 1.00 bits per heavy atom. The van der Waals surface area contributed by atoms with Crippen LogP contribution in [0.2, 0.25) is 0 Å². The minimum Gasteiger partial charge on any atom is -0.326 e. The molecule has 1 aliphatic heterocycles. The van der Waals surface area contributed by atoms with E-state index in [4.69, 9.17) is 0 Å². The zero-order valence-corrected chi connectivity index (χ0v) is 14.9. The Morgan fingerprint density at radius 3 is 2.50 bits per heavy atom. The lowest BCUT2D eigenvalue weighted by molar-refractivity contribution is 0.100. The average molecular weight is 344 g/mol. The van der Waals surface area contributed by atoms with Crippen LogP contribution in [0.3, 0.4) is 0 Å². The predicted molar refractivity (Wildman–Crippen MR) is 103 cm³/mol. The molecule has 2 aliphatic rings. The van der Waals surface area contributed by atoms with Gasteiger partial charge in [-0.1, -0.05) is 24.3 Å². The van der Waals surface area contributed by atoms with E-state index in [1.807, 2.05) is 54.2 Å². The lowest BCUT2D eigenvalue weighted by atomic mass is 10.1. The second kappa shape index (κ2) is 5.46. The molecule has 5 nitrogen and oxygen atoms in total. The van der Waals surface area contributed by atoms with Gasteiger partial charge in [0.25, 0.3) is 5.91 Å². The van der Waals surface area contributed by atoms with Crippen LogP contribution in [0.25, 0.3) is 0 Å². The molecule has 0 saturated heterocycles. The van der Waals surface area contributed by atoms with Gasteiger partial charge in [-0.2, -0.15) is 5.10 Å². The SMILES string of the molecule is CN1c2ccc(C3CC3)cc2N(c2ccccc2)C(=O)c2cn(C)nc21. The molecule has 130 valence electrons. The highest BCUT2D eigenvalue weighted by molar-refractivity contribution is 6.17. The number of carbonyl (C=O) groups excluding carboxylic acids is 1. The van der Waals surface area contributed by atoms with Crippen LogP contribution in [0, 0.1) is 0 Å². The van der Waals surface area contributed by atoms with Crippen molar-refractivity contribution < 1.29 is 4.79 Å². The van der Waals surface area contributed by atoms with E-state index in [1.165, 1.54) is 18.4 Å². The molecule has 1 fully saturated rings. The van der Waals surface area contributed by atoms with E-state index < -0.39 is 0 Å². The summed E-state index contributed by atoms with van der Waals surface area (Å²) in [5, 5.41) is 4.53. The van der Waals surface area contributed by atoms with E-state index in [9.17, 15) is 4.79 Å². The van der Waals surface area contributed by atoms with Crippen molar-refractivity contribution >= 4 is 28.8 Å². The monoisotopic (exact) mass is 344 g/mol. The maximum Gasteiger partial charge on any atom is 0.268 e. The summed E-state index contributed by atoms with van der Waals surface area (Å²) in [6.45, 7) is 0. The topological polar surface area (TPSA) is 41.4 Å². The van der Waals surface area contributed by atoms with Gasteiger partial charge in [0.05, 0.1) is 11.4 Å². The zero-order chi connectivity index (χ0) is 17.8. The van der Waals surface area contributed by atoms with Crippen molar-refractivity contribution in [2.45, 2.75) is 18.8 Å². The number of aryl methyl sites for hydroxylation is 1. The Labute approximate surface area is 152 Å². The normalized spacial score (nSPS) is 16.3. The molecule has 0 N–H and O–H groups in total. The second-order valence-corrected chi connectivity index (χ2v) is 7.10. The summed E-state index contributed by atoms with van der Waals surface area (Å²) in [5.41, 5.74) is 4.71. The highest BCUT2D eigenvalue weighted by Gasteiger charge is 2.34. The van der Waals surface area contributed by atoms with Crippen LogP contribution in [0.5, 0.6) is 0 Å². The predicted octanol–water partition coefficient (Wildman–Crippen LogP) is 4.36. The molecule has 26 heavy (non-hydrogen) atoms. The fraction of sp³-hybridized carbons (Fsp3) is 0.238. The second-order valence-electron chi connectivity index (χ2n) is 7.10. The van der Waals surface area contributed by atoms with Gasteiger partial charge in [0.15, 0.2) is 5.82 Å². The van der Waals surface area contributed by atoms with E-state index >= 15 is 0 Å². The summed E-state index contributed by atoms with van der Waals surface area (Å²) >= 11 is 0. The van der Waals surface area contributed by atoms with E-state index in [-0.39, 0.29) is 5.91 Å². The molecule has 0 radical (unpaired) electrons. The number of hydrogen-bond acceptors (Lipinski definition) is 3. The van der Waals surface area contributed by atoms with Crippen molar-refractivity contribution in [3.05, 3.63) is 65.9 Å². The zero-order valence-electron chi connectivity index (χ0n) is 14.9. The number of fused-ring (bicyclic) bond motifs is 2. The molecular weight excluding hydrogens is 324 g/mol. The van der Waals surface area contributed by atoms with Crippen molar-refractivity contribution in [3.63, 3.8) is 0 Å². The molecule has 2 aromatic carbocycles. The van der Waals surface area contributed by atoms with Gasteiger partial charge >= 0.3 is 0 Å². The summed E-state index contributed by atoms with van der Waals surface area (Å²) in [7, 11) is 3.82. The number of carbonyl (C=O) groups is 1. The first-order chi connectivity index (χ1) is 12.6. The van der Waals surface area contributed by atoms with Gasteiger partial charge in [0.2, 0.25) is 0 Å². The van der Waals surface area contributed by atoms with Crippen LogP contribution < -0.4 is 9.80 Å². The van der Waals surface area contributed by atoms with Crippen molar-refractivity contribution in [1.82, 2.24) is 9.78 Å². The summed E-state index contributed by atoms with van der Waals surface area (Å²) in [5.74, 6) is 1.28. The van der Waals surface area contributed by atoms with Gasteiger partial charge in [-0.3, -0.25) is 14.4 Å². The molecule has 1 aliphatic carbocycles. The molecule has 1 aromatic heterocycles. The van der Waals surface area contributed by atoms with E-state index in [2.05, 4.69) is 23.3 Å². The molecular formula is C21H20N4O. The average Bonchev–Trinajstić information content (AvgIpc) is 3.44. The number of amides is 1. The maximum absolute atomic E-state index is 13.5. The van der Waals surface area contributed by atoms with Crippen LogP contribution in [0.15, 0.2) is 54.7 Å². The van der Waals surface area contributed by atoms with E-state index in [0.29, 0.717) is 17.3 Å². The number of nitrogens with zero attached hydrogens (tertiary/aromatic N) is 4. The van der Waals surface area contributed by atoms with Crippen LogP contribution >= 0.6 is 0 Å². The summed E-state index contributed by atoms with van der Waals surface area (Å²) < 4.78 is 1.70. The van der Waals surface area contributed by atoms with Gasteiger partial charge in [-0.15, -0.1) is 0 Å². The number of para-hydroxylation sites is 1. The van der Waals surface area contributed by atoms with Gasteiger partial charge in [-0.05, 0) is 48.6 Å². The van der Waals surface area contributed by atoms with Gasteiger partial charge in [-0.25, -0.2) is 0 Å². The van der Waals surface area contributed by atoms with E-state index in [0.717, 1.165) is 17.1 Å². The number of anilines is 4. The van der Waals surface area contributed by atoms with Crippen molar-refractivity contribution in [2.75, 3.05) is 16.8 Å². The van der Waals surface area contributed by atoms with Crippen molar-refractivity contribution in [1.29, 1.82) is 0 Å². The van der Waals surface area contributed by atoms with E-state index in [1.54, 1.807) is 10.9 Å². The highest BCUT2D eigenvalue weighted by Crippen LogP contribution is 2.47. The third-order valence-corrected chi connectivity index (χ3v) is 5.23. The smallest absolute Gasteiger partial charge is 0.268 e. The first-order valence-electron chi connectivity index (χ1n) is 8.94. The number of benzene rings is 2. The third-order valence-electron chi connectivity index (χ3n) is 5.23. The molecule has 5 heteroatoms. The summed E-state index contributed by atoms with van der Waals surface area (Å²) in [4.78, 5) is 17.3. The molecule has 1 amide bonds. The number of hydrogen-bond donors (Lipinski definition) is 0. The van der Waals surface area contributed by atoms with Crippen LogP contribution in [-0.4, -0.2) is 22.7 Å². The van der Waals surface area contributed by atoms with Gasteiger partial charge in [0, 0.05) is 26.0 Å². The van der Waals surface area contributed by atoms with Gasteiger partial charge in [0.1, 0.15) is 5.56 Å². The Balaban J connectivity index is 1.78. The minimum atomic E-state index is -0.0437. The van der Waals surface area contributed by atoms with Crippen LogP contribution in [0.1, 0.15) is 34.7 Å². The Hall–Kier alpha value is -3.08. The summed E-state index contributed by atoms with van der Waals surface area (Å²) in [6, 6.07) is 16.3. The molecule has 3 aromatic rings. The Morgan fingerprint density at radius 2 is 1.77 bits per heavy atom. The fourth-order valence-electron chi connectivity index (χ4n) is 3.73. The first kappa shape index (κ1) is 15.2. The molecule has 5 rings (SSSR count). The Kier molecular flexibility index (Phi) is 3.19. The maximum atomic E-state index is 13.5. The molecule has 0 bridgehead atoms. The largest absolute Gasteiger partial charge is 0.326 e. The first-order valence-corrected chi connectivity index (χ1v) is 8.94. The van der Waals surface area contributed by atoms with Crippen molar-refractivity contribution in [3.8, 4) is 0 Å².